The maximum absolute atomic E-state index is 9.56. The summed E-state index contributed by atoms with van der Waals surface area (Å²) in [6.45, 7) is 6.59. The molecular formula is C22H21BrN2. The van der Waals surface area contributed by atoms with Crippen molar-refractivity contribution in [2.45, 2.75) is 26.3 Å². The van der Waals surface area contributed by atoms with Gasteiger partial charge in [0.15, 0.2) is 0 Å². The number of hydrogen-bond acceptors (Lipinski definition) is 2. The first-order valence-electron chi connectivity index (χ1n) is 8.27. The molecule has 0 bridgehead atoms. The minimum atomic E-state index is 0.00365. The zero-order valence-corrected chi connectivity index (χ0v) is 16.6. The Morgan fingerprint density at radius 1 is 1.16 bits per heavy atom. The topological polar surface area (TPSA) is 27.0 Å². The molecule has 25 heavy (non-hydrogen) atoms. The number of nitriles is 1. The Hall–Kier alpha value is -2.31. The maximum atomic E-state index is 9.56. The molecule has 1 heterocycles. The fourth-order valence-corrected chi connectivity index (χ4v) is 3.51. The molecule has 0 saturated carbocycles. The molecule has 2 nitrogen and oxygen atoms in total. The molecule has 0 unspecified atom stereocenters. The maximum Gasteiger partial charge on any atom is 0.0998 e. The van der Waals surface area contributed by atoms with Crippen molar-refractivity contribution in [2.75, 3.05) is 11.9 Å². The van der Waals surface area contributed by atoms with E-state index in [1.165, 1.54) is 16.8 Å². The molecule has 1 aliphatic rings. The predicted octanol–water partition coefficient (Wildman–Crippen LogP) is 6.14. The number of likely N-dealkylation sites (N-methyl/N-ethyl adjacent to an activating group) is 1. The molecule has 0 amide bonds. The van der Waals surface area contributed by atoms with Gasteiger partial charge in [-0.15, -0.1) is 0 Å². The van der Waals surface area contributed by atoms with Gasteiger partial charge in [-0.3, -0.25) is 0 Å². The lowest BCUT2D eigenvalue weighted by atomic mass is 9.88. The Kier molecular flexibility index (Phi) is 4.58. The van der Waals surface area contributed by atoms with Crippen molar-refractivity contribution in [1.29, 1.82) is 5.26 Å². The summed E-state index contributed by atoms with van der Waals surface area (Å²) in [5.74, 6) is 0. The second kappa shape index (κ2) is 6.54. The van der Waals surface area contributed by atoms with Gasteiger partial charge >= 0.3 is 0 Å². The summed E-state index contributed by atoms with van der Waals surface area (Å²) in [5, 5.41) is 9.56. The lowest BCUT2D eigenvalue weighted by molar-refractivity contribution is 0.598. The minimum Gasteiger partial charge on any atom is -0.366 e. The van der Waals surface area contributed by atoms with Crippen LogP contribution in [0, 0.1) is 11.3 Å². The first-order valence-corrected chi connectivity index (χ1v) is 9.06. The number of anilines is 1. The molecule has 3 rings (SSSR count). The molecule has 0 fully saturated rings. The Morgan fingerprint density at radius 3 is 2.48 bits per heavy atom. The quantitative estimate of drug-likeness (QED) is 0.452. The molecule has 0 atom stereocenters. The van der Waals surface area contributed by atoms with Crippen LogP contribution in [0.1, 0.15) is 37.5 Å². The number of benzene rings is 2. The van der Waals surface area contributed by atoms with Crippen molar-refractivity contribution >= 4 is 38.8 Å². The fourth-order valence-electron chi connectivity index (χ4n) is 3.24. The number of halogens is 1. The van der Waals surface area contributed by atoms with E-state index in [9.17, 15) is 5.26 Å². The molecule has 0 spiro atoms. The third-order valence-corrected chi connectivity index (χ3v) is 5.36. The molecule has 0 aromatic heterocycles. The van der Waals surface area contributed by atoms with E-state index in [2.05, 4.69) is 79.0 Å². The third-order valence-electron chi connectivity index (χ3n) is 4.83. The molecular weight excluding hydrogens is 372 g/mol. The molecule has 1 aliphatic heterocycles. The van der Waals surface area contributed by atoms with Crippen molar-refractivity contribution < 1.29 is 0 Å². The monoisotopic (exact) mass is 392 g/mol. The number of fused-ring (bicyclic) bond motifs is 1. The van der Waals surface area contributed by atoms with E-state index in [0.717, 1.165) is 15.6 Å². The second-order valence-corrected chi connectivity index (χ2v) is 7.91. The van der Waals surface area contributed by atoms with Gasteiger partial charge in [0.1, 0.15) is 0 Å². The highest BCUT2D eigenvalue weighted by molar-refractivity contribution is 9.10. The fraction of sp³-hybridized carbons (Fsp3) is 0.227. The van der Waals surface area contributed by atoms with Crippen molar-refractivity contribution in [3.05, 3.63) is 69.7 Å². The average molecular weight is 393 g/mol. The van der Waals surface area contributed by atoms with Gasteiger partial charge in [0.05, 0.1) is 17.2 Å². The van der Waals surface area contributed by atoms with Crippen molar-refractivity contribution in [3.8, 4) is 6.07 Å². The highest BCUT2D eigenvalue weighted by Gasteiger charge is 2.28. The van der Waals surface area contributed by atoms with Crippen LogP contribution in [0.25, 0.3) is 17.2 Å². The van der Waals surface area contributed by atoms with Gasteiger partial charge in [-0.25, -0.2) is 0 Å². The molecule has 0 N–H and O–H groups in total. The number of rotatable bonds is 2. The van der Waals surface area contributed by atoms with Crippen molar-refractivity contribution in [3.63, 3.8) is 0 Å². The number of allylic oxidation sites excluding steroid dienone is 2. The van der Waals surface area contributed by atoms with E-state index >= 15 is 0 Å². The molecule has 3 heteroatoms. The summed E-state index contributed by atoms with van der Waals surface area (Å²) in [5.41, 5.74) is 6.36. The van der Waals surface area contributed by atoms with Gasteiger partial charge < -0.3 is 4.90 Å². The van der Waals surface area contributed by atoms with Crippen LogP contribution in [0.4, 0.5) is 5.69 Å². The van der Waals surface area contributed by atoms with Crippen LogP contribution in [0.2, 0.25) is 0 Å². The standard InChI is InChI=1S/C22H21BrN2/c1-15-13-22(2,3)25(4)21-10-5-16(12-20(15)21)11-18(14-24)17-6-8-19(23)9-7-17/h5-13H,1-4H3/b18-11-. The van der Waals surface area contributed by atoms with Gasteiger partial charge in [0.2, 0.25) is 0 Å². The normalized spacial score (nSPS) is 16.1. The van der Waals surface area contributed by atoms with Gasteiger partial charge in [0, 0.05) is 22.8 Å². The highest BCUT2D eigenvalue weighted by Crippen LogP contribution is 2.38. The predicted molar refractivity (Wildman–Crippen MR) is 110 cm³/mol. The Labute approximate surface area is 158 Å². The summed E-state index contributed by atoms with van der Waals surface area (Å²) in [4.78, 5) is 2.29. The zero-order valence-electron chi connectivity index (χ0n) is 15.0. The van der Waals surface area contributed by atoms with Gasteiger partial charge in [0.25, 0.3) is 0 Å². The summed E-state index contributed by atoms with van der Waals surface area (Å²) in [7, 11) is 2.12. The van der Waals surface area contributed by atoms with E-state index in [1.807, 2.05) is 30.3 Å². The van der Waals surface area contributed by atoms with Crippen LogP contribution >= 0.6 is 15.9 Å². The minimum absolute atomic E-state index is 0.00365. The van der Waals surface area contributed by atoms with E-state index in [4.69, 9.17) is 0 Å². The SMILES string of the molecule is CC1=CC(C)(C)N(C)c2ccc(/C=C(/C#N)c3ccc(Br)cc3)cc21. The molecule has 126 valence electrons. The molecule has 2 aromatic rings. The summed E-state index contributed by atoms with van der Waals surface area (Å²) in [6.07, 6.45) is 4.25. The van der Waals surface area contributed by atoms with E-state index in [-0.39, 0.29) is 5.54 Å². The summed E-state index contributed by atoms with van der Waals surface area (Å²) in [6, 6.07) is 16.5. The van der Waals surface area contributed by atoms with Crippen molar-refractivity contribution in [1.82, 2.24) is 0 Å². The highest BCUT2D eigenvalue weighted by atomic mass is 79.9. The van der Waals surface area contributed by atoms with Crippen LogP contribution < -0.4 is 4.90 Å². The van der Waals surface area contributed by atoms with E-state index in [1.54, 1.807) is 0 Å². The molecule has 0 radical (unpaired) electrons. The zero-order chi connectivity index (χ0) is 18.2. The van der Waals surface area contributed by atoms with Gasteiger partial charge in [-0.1, -0.05) is 40.2 Å². The second-order valence-electron chi connectivity index (χ2n) is 6.99. The number of nitrogens with zero attached hydrogens (tertiary/aromatic N) is 2. The average Bonchev–Trinajstić information content (AvgIpc) is 2.58. The first-order chi connectivity index (χ1) is 11.8. The Balaban J connectivity index is 2.04. The molecule has 2 aromatic carbocycles. The van der Waals surface area contributed by atoms with Crippen LogP contribution in [0.15, 0.2) is 53.0 Å². The lowest BCUT2D eigenvalue weighted by Gasteiger charge is -2.40. The van der Waals surface area contributed by atoms with Crippen LogP contribution in [-0.4, -0.2) is 12.6 Å². The summed E-state index contributed by atoms with van der Waals surface area (Å²) < 4.78 is 1.01. The molecule has 0 saturated heterocycles. The first kappa shape index (κ1) is 17.5. The lowest BCUT2D eigenvalue weighted by Crippen LogP contribution is -2.42. The van der Waals surface area contributed by atoms with E-state index < -0.39 is 0 Å². The summed E-state index contributed by atoms with van der Waals surface area (Å²) >= 11 is 3.43. The molecule has 0 aliphatic carbocycles. The van der Waals surface area contributed by atoms with Crippen LogP contribution in [0.3, 0.4) is 0 Å². The Bertz CT molecular complexity index is 912. The number of hydrogen-bond donors (Lipinski definition) is 0. The van der Waals surface area contributed by atoms with E-state index in [0.29, 0.717) is 5.57 Å². The van der Waals surface area contributed by atoms with Gasteiger partial charge in [-0.2, -0.15) is 5.26 Å². The van der Waals surface area contributed by atoms with Crippen LogP contribution in [0.5, 0.6) is 0 Å². The van der Waals surface area contributed by atoms with Crippen molar-refractivity contribution in [2.24, 2.45) is 0 Å². The van der Waals surface area contributed by atoms with Gasteiger partial charge in [-0.05, 0) is 67.8 Å². The van der Waals surface area contributed by atoms with Crippen LogP contribution in [-0.2, 0) is 0 Å². The Morgan fingerprint density at radius 2 is 1.84 bits per heavy atom. The smallest absolute Gasteiger partial charge is 0.0998 e. The third kappa shape index (κ3) is 3.41. The largest absolute Gasteiger partial charge is 0.366 e.